The lowest BCUT2D eigenvalue weighted by Crippen LogP contribution is -2.52. The van der Waals surface area contributed by atoms with Crippen LogP contribution in [0.1, 0.15) is 80.7 Å². The summed E-state index contributed by atoms with van der Waals surface area (Å²) < 4.78 is 37.6. The van der Waals surface area contributed by atoms with Crippen LogP contribution in [0.15, 0.2) is 18.2 Å². The molecule has 0 amide bonds. The Morgan fingerprint density at radius 2 is 1.80 bits per heavy atom. The molecule has 40 heavy (non-hydrogen) atoms. The first kappa shape index (κ1) is 27.8. The average Bonchev–Trinajstić information content (AvgIpc) is 3.55. The molecule has 0 radical (unpaired) electrons. The summed E-state index contributed by atoms with van der Waals surface area (Å²) in [5, 5.41) is 13.8. The number of esters is 1. The van der Waals surface area contributed by atoms with Crippen molar-refractivity contribution in [2.24, 2.45) is 11.8 Å². The lowest BCUT2D eigenvalue weighted by atomic mass is 9.73. The van der Waals surface area contributed by atoms with Gasteiger partial charge in [0.2, 0.25) is 0 Å². The molecule has 1 saturated carbocycles. The molecule has 2 aromatic heterocycles. The lowest BCUT2D eigenvalue weighted by molar-refractivity contribution is -0.185. The van der Waals surface area contributed by atoms with E-state index in [1.165, 1.54) is 26.0 Å². The molecule has 2 aliphatic rings. The van der Waals surface area contributed by atoms with Crippen LogP contribution in [0, 0.1) is 48.6 Å². The maximum atomic E-state index is 14.9. The molecule has 0 N–H and O–H groups in total. The Morgan fingerprint density at radius 3 is 2.42 bits per heavy atom. The predicted octanol–water partition coefficient (Wildman–Crippen LogP) is 5.06. The van der Waals surface area contributed by atoms with Crippen molar-refractivity contribution in [1.29, 1.82) is 5.26 Å². The van der Waals surface area contributed by atoms with Crippen LogP contribution >= 0.6 is 0 Å². The monoisotopic (exact) mass is 549 g/mol. The second-order valence-electron chi connectivity index (χ2n) is 11.8. The standard InChI is InChI=1S/C30H33F2N5O3/c1-17-11-18(2)37-28(34-17)35-25(36-37)14-21-24(38)15-30(40-27(21)39,20-7-5-6-8-20)10-9-19-12-22(31)26(23(32)13-19)29(3,4)16-33/h11-13,20-21H,5-10,14-15H2,1-4H3. The minimum Gasteiger partial charge on any atom is -0.458 e. The molecule has 10 heteroatoms. The molecule has 8 nitrogen and oxygen atoms in total. The quantitative estimate of drug-likeness (QED) is 0.299. The molecule has 1 saturated heterocycles. The van der Waals surface area contributed by atoms with Crippen molar-refractivity contribution in [2.45, 2.75) is 90.1 Å². The van der Waals surface area contributed by atoms with Crippen molar-refractivity contribution < 1.29 is 23.1 Å². The first-order valence-electron chi connectivity index (χ1n) is 13.8. The molecule has 2 unspecified atom stereocenters. The average molecular weight is 550 g/mol. The summed E-state index contributed by atoms with van der Waals surface area (Å²) in [5.74, 6) is -2.67. The summed E-state index contributed by atoms with van der Waals surface area (Å²) in [6.45, 7) is 6.67. The summed E-state index contributed by atoms with van der Waals surface area (Å²) in [4.78, 5) is 35.6. The number of hydrogen-bond donors (Lipinski definition) is 0. The number of fused-ring (bicyclic) bond motifs is 1. The predicted molar refractivity (Wildman–Crippen MR) is 141 cm³/mol. The third kappa shape index (κ3) is 5.09. The molecule has 0 bridgehead atoms. The summed E-state index contributed by atoms with van der Waals surface area (Å²) in [7, 11) is 0. The molecule has 1 aromatic carbocycles. The summed E-state index contributed by atoms with van der Waals surface area (Å²) >= 11 is 0. The molecule has 2 atom stereocenters. The number of Topliss-reactive ketones (excluding diaryl/α,β-unsaturated/α-hetero) is 1. The van der Waals surface area contributed by atoms with Gasteiger partial charge in [0.1, 0.15) is 23.2 Å². The van der Waals surface area contributed by atoms with Gasteiger partial charge in [0.05, 0.1) is 11.5 Å². The first-order chi connectivity index (χ1) is 18.9. The molecule has 210 valence electrons. The van der Waals surface area contributed by atoms with Gasteiger partial charge in [-0.25, -0.2) is 18.3 Å². The van der Waals surface area contributed by atoms with Gasteiger partial charge >= 0.3 is 5.97 Å². The van der Waals surface area contributed by atoms with Gasteiger partial charge in [-0.3, -0.25) is 9.59 Å². The van der Waals surface area contributed by atoms with Crippen LogP contribution in [0.25, 0.3) is 5.78 Å². The fourth-order valence-electron chi connectivity index (χ4n) is 6.33. The van der Waals surface area contributed by atoms with E-state index in [9.17, 15) is 23.6 Å². The highest BCUT2D eigenvalue weighted by Gasteiger charge is 2.51. The van der Waals surface area contributed by atoms with E-state index in [1.54, 1.807) is 4.52 Å². The topological polar surface area (TPSA) is 110 Å². The zero-order valence-electron chi connectivity index (χ0n) is 23.3. The molecule has 1 aliphatic carbocycles. The van der Waals surface area contributed by atoms with Gasteiger partial charge in [0, 0.05) is 29.8 Å². The van der Waals surface area contributed by atoms with Gasteiger partial charge in [0.15, 0.2) is 11.6 Å². The van der Waals surface area contributed by atoms with Gasteiger partial charge in [-0.15, -0.1) is 5.10 Å². The Labute approximate surface area is 231 Å². The number of nitrogens with zero attached hydrogens (tertiary/aromatic N) is 5. The number of ketones is 1. The van der Waals surface area contributed by atoms with E-state index in [0.717, 1.165) is 37.1 Å². The number of halogens is 2. The highest BCUT2D eigenvalue weighted by Crippen LogP contribution is 2.45. The number of aryl methyl sites for hydroxylation is 3. The van der Waals surface area contributed by atoms with E-state index in [2.05, 4.69) is 15.1 Å². The Kier molecular flexibility index (Phi) is 7.19. The minimum atomic E-state index is -1.32. The van der Waals surface area contributed by atoms with Crippen LogP contribution < -0.4 is 0 Å². The van der Waals surface area contributed by atoms with E-state index in [4.69, 9.17) is 4.74 Å². The largest absolute Gasteiger partial charge is 0.458 e. The maximum absolute atomic E-state index is 14.9. The number of aromatic nitrogens is 4. The Balaban J connectivity index is 1.37. The molecule has 0 spiro atoms. The van der Waals surface area contributed by atoms with E-state index >= 15 is 0 Å². The number of nitriles is 1. The molecule has 3 aromatic rings. The van der Waals surface area contributed by atoms with Gasteiger partial charge in [-0.05, 0) is 83.1 Å². The van der Waals surface area contributed by atoms with Crippen molar-refractivity contribution in [3.05, 3.63) is 58.2 Å². The number of benzene rings is 1. The number of ether oxygens (including phenoxy) is 1. The van der Waals surface area contributed by atoms with Gasteiger partial charge in [0.25, 0.3) is 5.78 Å². The summed E-state index contributed by atoms with van der Waals surface area (Å²) in [6, 6.07) is 6.29. The fourth-order valence-corrected chi connectivity index (χ4v) is 6.33. The van der Waals surface area contributed by atoms with E-state index in [0.29, 0.717) is 17.2 Å². The second-order valence-corrected chi connectivity index (χ2v) is 11.8. The van der Waals surface area contributed by atoms with Gasteiger partial charge < -0.3 is 4.74 Å². The van der Waals surface area contributed by atoms with Crippen molar-refractivity contribution in [2.75, 3.05) is 0 Å². The van der Waals surface area contributed by atoms with Crippen molar-refractivity contribution in [3.8, 4) is 6.07 Å². The minimum absolute atomic E-state index is 0.00372. The number of cyclic esters (lactones) is 1. The van der Waals surface area contributed by atoms with Crippen LogP contribution in [-0.4, -0.2) is 36.9 Å². The Morgan fingerprint density at radius 1 is 1.12 bits per heavy atom. The van der Waals surface area contributed by atoms with Crippen LogP contribution in [0.3, 0.4) is 0 Å². The van der Waals surface area contributed by atoms with Crippen LogP contribution in [0.2, 0.25) is 0 Å². The molecular weight excluding hydrogens is 516 g/mol. The summed E-state index contributed by atoms with van der Waals surface area (Å²) in [6.07, 6.45) is 4.15. The molecular formula is C30H33F2N5O3. The van der Waals surface area contributed by atoms with Crippen molar-refractivity contribution in [1.82, 2.24) is 19.6 Å². The number of hydrogen-bond acceptors (Lipinski definition) is 7. The van der Waals surface area contributed by atoms with Crippen LogP contribution in [-0.2, 0) is 32.6 Å². The summed E-state index contributed by atoms with van der Waals surface area (Å²) in [5.41, 5.74) is -0.588. The molecule has 2 fully saturated rings. The molecule has 1 aliphatic heterocycles. The van der Waals surface area contributed by atoms with Crippen LogP contribution in [0.5, 0.6) is 0 Å². The number of carbonyl (C=O) groups is 2. The van der Waals surface area contributed by atoms with Crippen LogP contribution in [0.4, 0.5) is 8.78 Å². The van der Waals surface area contributed by atoms with Crippen molar-refractivity contribution >= 4 is 17.5 Å². The normalized spacial score (nSPS) is 22.1. The highest BCUT2D eigenvalue weighted by atomic mass is 19.1. The molecule has 5 rings (SSSR count). The van der Waals surface area contributed by atoms with E-state index < -0.39 is 34.5 Å². The fraction of sp³-hybridized carbons (Fsp3) is 0.533. The van der Waals surface area contributed by atoms with E-state index in [-0.39, 0.29) is 42.9 Å². The zero-order chi connectivity index (χ0) is 28.8. The smallest absolute Gasteiger partial charge is 0.317 e. The van der Waals surface area contributed by atoms with Gasteiger partial charge in [-0.2, -0.15) is 10.2 Å². The third-order valence-electron chi connectivity index (χ3n) is 8.44. The lowest BCUT2D eigenvalue weighted by Gasteiger charge is -2.43. The molecule has 3 heterocycles. The third-order valence-corrected chi connectivity index (χ3v) is 8.44. The maximum Gasteiger partial charge on any atom is 0.317 e. The number of rotatable bonds is 7. The Hall–Kier alpha value is -3.74. The highest BCUT2D eigenvalue weighted by molar-refractivity contribution is 6.01. The first-order valence-corrected chi connectivity index (χ1v) is 13.8. The Bertz CT molecular complexity index is 1490. The van der Waals surface area contributed by atoms with Gasteiger partial charge in [-0.1, -0.05) is 12.8 Å². The van der Waals surface area contributed by atoms with Crippen molar-refractivity contribution in [3.63, 3.8) is 0 Å². The second kappa shape index (κ2) is 10.3. The number of carbonyl (C=O) groups excluding carboxylic acids is 2. The SMILES string of the molecule is Cc1cc(C)n2nc(CC3C(=O)CC(CCc4cc(F)c(C(C)(C)C#N)c(F)c4)(C4CCCC4)OC3=O)nc2n1. The van der Waals surface area contributed by atoms with E-state index in [1.807, 2.05) is 26.0 Å². The zero-order valence-corrected chi connectivity index (χ0v) is 23.3.